The minimum absolute atomic E-state index is 0. The fourth-order valence-electron chi connectivity index (χ4n) is 27.8. The van der Waals surface area contributed by atoms with Crippen LogP contribution in [-0.2, 0) is 62.5 Å². The van der Waals surface area contributed by atoms with Crippen molar-refractivity contribution >= 4 is 69.5 Å². The van der Waals surface area contributed by atoms with Crippen molar-refractivity contribution in [3.05, 3.63) is 201 Å². The molecular weight excluding hydrogens is 1840 g/mol. The first-order valence-electron chi connectivity index (χ1n) is 47.3. The summed E-state index contributed by atoms with van der Waals surface area (Å²) in [5.74, 6) is 17.3. The molecule has 0 saturated heterocycles. The molecule has 11 saturated carbocycles. The summed E-state index contributed by atoms with van der Waals surface area (Å²) >= 11 is -2.48. The molecule has 120 heavy (non-hydrogen) atoms. The van der Waals surface area contributed by atoms with Gasteiger partial charge in [-0.1, -0.05) is 367 Å². The van der Waals surface area contributed by atoms with Crippen LogP contribution >= 0.6 is 51.1 Å². The van der Waals surface area contributed by atoms with Gasteiger partial charge in [0.1, 0.15) is 8.07 Å². The normalized spacial score (nSPS) is 32.8. The van der Waals surface area contributed by atoms with Gasteiger partial charge in [-0.25, -0.2) is 0 Å². The number of rotatable bonds is 8. The maximum atomic E-state index is 4.93. The van der Waals surface area contributed by atoms with E-state index in [9.17, 15) is 0 Å². The molecule has 17 rings (SSSR count). The Hall–Kier alpha value is 0.966. The second-order valence-corrected chi connectivity index (χ2v) is 55.1. The Morgan fingerprint density at radius 1 is 0.342 bits per heavy atom. The molecule has 0 bridgehead atoms. The second kappa shape index (κ2) is 57.4. The monoisotopic (exact) mass is 2010 g/mol. The van der Waals surface area contributed by atoms with Gasteiger partial charge in [-0.2, -0.15) is 0 Å². The third-order valence-electron chi connectivity index (χ3n) is 32.9. The average Bonchev–Trinajstić information content (AvgIpc) is 1.51. The summed E-state index contributed by atoms with van der Waals surface area (Å²) < 4.78 is 0. The summed E-state index contributed by atoms with van der Waals surface area (Å²) in [7, 11) is 27.2. The van der Waals surface area contributed by atoms with Crippen LogP contribution in [0.2, 0.25) is 11.1 Å². The summed E-state index contributed by atoms with van der Waals surface area (Å²) in [6.45, 7) is 55.5. The van der Waals surface area contributed by atoms with Crippen LogP contribution in [0.1, 0.15) is 320 Å². The molecule has 15 aliphatic carbocycles. The number of fused-ring (bicyclic) bond motifs is 11. The van der Waals surface area contributed by atoms with Crippen molar-refractivity contribution in [1.82, 2.24) is 0 Å². The van der Waals surface area contributed by atoms with Crippen LogP contribution in [0, 0.1) is 195 Å². The van der Waals surface area contributed by atoms with Gasteiger partial charge >= 0.3 is 114 Å². The van der Waals surface area contributed by atoms with Crippen LogP contribution < -0.4 is 10.4 Å². The Morgan fingerprint density at radius 2 is 0.700 bits per heavy atom. The molecule has 2 aromatic rings. The maximum absolute atomic E-state index is 4.93. The van der Waals surface area contributed by atoms with Crippen molar-refractivity contribution < 1.29 is 62.5 Å². The molecule has 19 atom stereocenters. The fourth-order valence-corrected chi connectivity index (χ4v) is 35.1. The van der Waals surface area contributed by atoms with Crippen LogP contribution in [0.5, 0.6) is 0 Å². The molecule has 0 heterocycles. The van der Waals surface area contributed by atoms with Gasteiger partial charge in [0.2, 0.25) is 0 Å². The van der Waals surface area contributed by atoms with E-state index in [4.69, 9.17) is 51.1 Å². The Kier molecular flexibility index (Phi) is 57.9. The average molecular weight is 2020 g/mol. The topological polar surface area (TPSA) is 0 Å². The van der Waals surface area contributed by atoms with E-state index in [0.717, 1.165) is 100 Å². The molecule has 0 N–H and O–H groups in total. The van der Waals surface area contributed by atoms with Crippen molar-refractivity contribution in [3.8, 4) is 0 Å². The number of hydrogen-bond acceptors (Lipinski definition) is 0. The molecule has 0 nitrogen and oxygen atoms in total. The van der Waals surface area contributed by atoms with E-state index < -0.39 is 70.6 Å². The Balaban J connectivity index is 0.00000172. The fraction of sp³-hybridized carbons (Fsp3) is 0.691. The van der Waals surface area contributed by atoms with E-state index >= 15 is 0 Å². The van der Waals surface area contributed by atoms with Gasteiger partial charge in [0.05, 0.1) is 0 Å². The third-order valence-corrected chi connectivity index (χ3v) is 39.1. The first-order chi connectivity index (χ1) is 54.8. The Labute approximate surface area is 806 Å². The molecule has 0 aliphatic heterocycles. The number of hydrogen-bond donors (Lipinski definition) is 0. The van der Waals surface area contributed by atoms with Crippen molar-refractivity contribution in [2.45, 2.75) is 331 Å². The predicted molar refractivity (Wildman–Crippen MR) is 541 cm³/mol. The van der Waals surface area contributed by atoms with Crippen molar-refractivity contribution in [2.24, 2.45) is 151 Å². The third kappa shape index (κ3) is 27.4. The molecule has 19 unspecified atom stereocenters. The Bertz CT molecular complexity index is 3250. The van der Waals surface area contributed by atoms with Gasteiger partial charge in [-0.15, -0.1) is 0 Å². The van der Waals surface area contributed by atoms with E-state index in [1.54, 1.807) is 27.9 Å². The molecule has 11 fully saturated rings. The van der Waals surface area contributed by atoms with E-state index in [-0.39, 0.29) is 55.4 Å². The zero-order valence-corrected chi connectivity index (χ0v) is 95.7. The van der Waals surface area contributed by atoms with E-state index in [1.165, 1.54) is 148 Å². The summed E-state index contributed by atoms with van der Waals surface area (Å²) in [6, 6.07) is 24.7. The molecule has 0 aromatic heterocycles. The van der Waals surface area contributed by atoms with Crippen LogP contribution in [0.25, 0.3) is 0 Å². The van der Waals surface area contributed by atoms with E-state index in [0.29, 0.717) is 50.9 Å². The standard InChI is InChI=1S/C50H66Si.2C21H32.6C2H6.6CH3.6ClH.3Zr/c1-47(2)23-25-49(5,6)44-31-40-38(29-42(44)47)39-30-43-45(50(7,8)26-24-48(43,3)4)32-41(39)46(40)51(35-19-11-9-12-20-35,36-21-13-10-14-22-36)37-27-33-17-15-16-18-34(33)28-37;1-21(2,15-9-3-4-10-15)20-18-13-7-5-11-16(18)17-12-6-8-14-19(17)20;1-21(2,18-13-16-8-3-4-9-17(16)14-18)20-12-11-15-7-5-6-10-19(15)20;6*1-2;;;;;;;;;;;;;;;/h9-22,29,31,33-34,37-41,43,45-46H,23-28,30,32H2,1-8H3;5,7,11,13,15-20H,3-4,6,8-10,12,14H2,1-2H3;3-4,8-9,15-20H,5-7,10-14H2,1-2H3;6*1-2H3;6*1H3;6*1H;;;/q;;;;;;;;;6*-1;;;;;;;3*+4/p-6. The van der Waals surface area contributed by atoms with Gasteiger partial charge in [0, 0.05) is 0 Å². The predicted octanol–water partition coefficient (Wildman–Crippen LogP) is 37.2. The van der Waals surface area contributed by atoms with Crippen LogP contribution in [0.4, 0.5) is 0 Å². The summed E-state index contributed by atoms with van der Waals surface area (Å²) in [5, 5.41) is 3.47. The summed E-state index contributed by atoms with van der Waals surface area (Å²) in [4.78, 5) is 0. The molecule has 682 valence electrons. The minimum atomic E-state index is -2.41. The van der Waals surface area contributed by atoms with Gasteiger partial charge in [0.15, 0.2) is 0 Å². The summed E-state index contributed by atoms with van der Waals surface area (Å²) in [6.07, 6.45) is 70.2. The van der Waals surface area contributed by atoms with Crippen LogP contribution in [0.15, 0.2) is 157 Å². The first kappa shape index (κ1) is 121. The van der Waals surface area contributed by atoms with Gasteiger partial charge < -0.3 is 44.6 Å². The second-order valence-electron chi connectivity index (χ2n) is 39.5. The molecule has 10 heteroatoms. The number of allylic oxidation sites excluding steroid dienone is 16. The van der Waals surface area contributed by atoms with Crippen molar-refractivity contribution in [3.63, 3.8) is 0 Å². The van der Waals surface area contributed by atoms with Crippen molar-refractivity contribution in [2.75, 3.05) is 0 Å². The quantitative estimate of drug-likeness (QED) is 0.183. The van der Waals surface area contributed by atoms with Gasteiger partial charge in [-0.3, -0.25) is 0 Å². The van der Waals surface area contributed by atoms with Gasteiger partial charge in [0.25, 0.3) is 0 Å². The molecule has 2 aromatic carbocycles. The van der Waals surface area contributed by atoms with Crippen LogP contribution in [0.3, 0.4) is 0 Å². The Morgan fingerprint density at radius 3 is 1.13 bits per heavy atom. The number of halogens is 6. The van der Waals surface area contributed by atoms with E-state index in [2.05, 4.69) is 229 Å². The molecule has 0 amide bonds. The first-order valence-corrected chi connectivity index (χ1v) is 68.5. The van der Waals surface area contributed by atoms with E-state index in [1.807, 2.05) is 83.1 Å². The molecular formula is C110H184Cl6SiZr3. The van der Waals surface area contributed by atoms with Gasteiger partial charge in [-0.05, 0) is 282 Å². The molecule has 0 radical (unpaired) electrons. The zero-order valence-electron chi connectivity index (χ0n) is 82.8. The SMILES string of the molecule is CC.CC.CC.CC.CC.CC.CC(C)(C1CC2C=CC=CC2C1)C1CCC2CCCCC21.CC(C)(C1CCCC1)C1C2C=CC=CC2C2CCCCC21.CC1(C)CCC(C)(C)C2=CC3C(C=C21)C1CC2C(CC1C3[Si](c1ccccc1)(c1ccccc1)C1CC3C=CC=CC3C1)C(C)(C)CCC2(C)C.[CH3-].[CH3-].[CH3-].[CH3-].[CH3-].[CH3-].[Cl][Zr+2][Cl].[Cl][Zr+2][Cl].[Cl][Zr+2][Cl]. The molecule has 15 aliphatic rings. The van der Waals surface area contributed by atoms with Crippen LogP contribution in [-0.4, -0.2) is 8.07 Å². The molecule has 0 spiro atoms. The summed E-state index contributed by atoms with van der Waals surface area (Å²) in [5.41, 5.74) is 7.38. The van der Waals surface area contributed by atoms with Crippen molar-refractivity contribution in [1.29, 1.82) is 0 Å². The number of benzene rings is 2. The zero-order chi connectivity index (χ0) is 84.6.